The van der Waals surface area contributed by atoms with E-state index in [2.05, 4.69) is 6.92 Å². The highest BCUT2D eigenvalue weighted by Crippen LogP contribution is 2.09. The van der Waals surface area contributed by atoms with Crippen LogP contribution >= 0.6 is 0 Å². The minimum atomic E-state index is -0.624. The molecule has 0 bridgehead atoms. The summed E-state index contributed by atoms with van der Waals surface area (Å²) in [5.74, 6) is -0.206. The van der Waals surface area contributed by atoms with E-state index in [-0.39, 0.29) is 29.6 Å². The van der Waals surface area contributed by atoms with E-state index in [0.29, 0.717) is 6.54 Å². The summed E-state index contributed by atoms with van der Waals surface area (Å²) in [7, 11) is 3.21. The zero-order valence-electron chi connectivity index (χ0n) is 14.8. The first-order valence-electron chi connectivity index (χ1n) is 8.01. The average molecular weight is 324 g/mol. The summed E-state index contributed by atoms with van der Waals surface area (Å²) < 4.78 is 2.27. The molecule has 1 rings (SSSR count). The Balaban J connectivity index is 3.25. The van der Waals surface area contributed by atoms with Crippen molar-refractivity contribution in [3.05, 3.63) is 26.4 Å². The lowest BCUT2D eigenvalue weighted by molar-refractivity contribution is 0.0943. The molecule has 1 aromatic heterocycles. The van der Waals surface area contributed by atoms with Crippen molar-refractivity contribution >= 4 is 11.6 Å². The van der Waals surface area contributed by atoms with Gasteiger partial charge in [0.2, 0.25) is 0 Å². The van der Waals surface area contributed by atoms with E-state index in [9.17, 15) is 14.4 Å². The van der Waals surface area contributed by atoms with Crippen LogP contribution in [-0.4, -0.2) is 40.0 Å². The number of nitrogens with zero attached hydrogens (tertiary/aromatic N) is 3. The number of hydrogen-bond acceptors (Lipinski definition) is 5. The van der Waals surface area contributed by atoms with Gasteiger partial charge in [0.25, 0.3) is 5.56 Å². The largest absolute Gasteiger partial charge is 0.384 e. The van der Waals surface area contributed by atoms with Crippen molar-refractivity contribution in [2.75, 3.05) is 25.9 Å². The molecule has 0 fully saturated rings. The predicted molar refractivity (Wildman–Crippen MR) is 91.9 cm³/mol. The fraction of sp³-hybridized carbons (Fsp3) is 0.688. The van der Waals surface area contributed by atoms with E-state index in [0.717, 1.165) is 24.0 Å². The van der Waals surface area contributed by atoms with Crippen LogP contribution in [0, 0.1) is 5.92 Å². The zero-order chi connectivity index (χ0) is 17.7. The molecular weight excluding hydrogens is 296 g/mol. The number of nitrogens with two attached hydrogens (primary N) is 1. The van der Waals surface area contributed by atoms with Gasteiger partial charge in [-0.25, -0.2) is 4.79 Å². The molecular formula is C16H28N4O3. The molecule has 0 aliphatic rings. The lowest BCUT2D eigenvalue weighted by atomic mass is 10.1. The van der Waals surface area contributed by atoms with Gasteiger partial charge in [0.15, 0.2) is 5.78 Å². The number of Topliss-reactive ketones (excluding diaryl/α,β-unsaturated/α-hetero) is 1. The van der Waals surface area contributed by atoms with E-state index in [4.69, 9.17) is 5.73 Å². The highest BCUT2D eigenvalue weighted by molar-refractivity contribution is 6.01. The van der Waals surface area contributed by atoms with Crippen LogP contribution in [-0.2, 0) is 13.6 Å². The number of unbranched alkanes of at least 4 members (excludes halogenated alkanes) is 1. The Morgan fingerprint density at radius 2 is 1.91 bits per heavy atom. The van der Waals surface area contributed by atoms with Crippen LogP contribution in [0.2, 0.25) is 0 Å². The minimum Gasteiger partial charge on any atom is -0.384 e. The van der Waals surface area contributed by atoms with Crippen LogP contribution in [0.15, 0.2) is 9.59 Å². The third-order valence-corrected chi connectivity index (χ3v) is 3.72. The van der Waals surface area contributed by atoms with Gasteiger partial charge in [0, 0.05) is 13.6 Å². The third kappa shape index (κ3) is 4.54. The Bertz CT molecular complexity index is 673. The number of likely N-dealkylation sites (N-methyl/N-ethyl adjacent to an activating group) is 1. The molecule has 0 amide bonds. The van der Waals surface area contributed by atoms with Gasteiger partial charge >= 0.3 is 5.69 Å². The minimum absolute atomic E-state index is 0.0271. The second-order valence-electron chi connectivity index (χ2n) is 6.43. The van der Waals surface area contributed by atoms with Gasteiger partial charge in [-0.2, -0.15) is 0 Å². The van der Waals surface area contributed by atoms with Crippen molar-refractivity contribution in [2.45, 2.75) is 40.2 Å². The topological polar surface area (TPSA) is 90.3 Å². The van der Waals surface area contributed by atoms with Gasteiger partial charge in [-0.3, -0.25) is 23.6 Å². The second kappa shape index (κ2) is 8.10. The smallest absolute Gasteiger partial charge is 0.332 e. The summed E-state index contributed by atoms with van der Waals surface area (Å²) in [5, 5.41) is 0. The van der Waals surface area contributed by atoms with Crippen LogP contribution in [0.25, 0.3) is 0 Å². The van der Waals surface area contributed by atoms with E-state index in [1.165, 1.54) is 11.6 Å². The van der Waals surface area contributed by atoms with Gasteiger partial charge in [0.1, 0.15) is 11.4 Å². The van der Waals surface area contributed by atoms with Gasteiger partial charge in [-0.15, -0.1) is 0 Å². The van der Waals surface area contributed by atoms with Crippen LogP contribution in [0.5, 0.6) is 0 Å². The highest BCUT2D eigenvalue weighted by atomic mass is 16.2. The molecule has 0 saturated heterocycles. The predicted octanol–water partition coefficient (Wildman–Crippen LogP) is 0.700. The molecule has 1 heterocycles. The van der Waals surface area contributed by atoms with Crippen molar-refractivity contribution in [1.29, 1.82) is 0 Å². The maximum Gasteiger partial charge on any atom is 0.332 e. The summed E-state index contributed by atoms with van der Waals surface area (Å²) >= 11 is 0. The Hall–Kier alpha value is -1.89. The molecule has 0 radical (unpaired) electrons. The molecule has 0 spiro atoms. The molecule has 23 heavy (non-hydrogen) atoms. The van der Waals surface area contributed by atoms with Gasteiger partial charge in [-0.1, -0.05) is 27.2 Å². The van der Waals surface area contributed by atoms with Crippen molar-refractivity contribution < 1.29 is 4.79 Å². The quantitative estimate of drug-likeness (QED) is 0.711. The fourth-order valence-electron chi connectivity index (χ4n) is 2.42. The van der Waals surface area contributed by atoms with E-state index < -0.39 is 11.2 Å². The molecule has 1 aromatic rings. The molecule has 0 unspecified atom stereocenters. The Morgan fingerprint density at radius 1 is 1.30 bits per heavy atom. The number of carbonyl (C=O) groups is 1. The van der Waals surface area contributed by atoms with Crippen LogP contribution in [0.1, 0.15) is 44.0 Å². The van der Waals surface area contributed by atoms with Crippen LogP contribution < -0.4 is 17.0 Å². The fourth-order valence-corrected chi connectivity index (χ4v) is 2.42. The van der Waals surface area contributed by atoms with E-state index >= 15 is 0 Å². The van der Waals surface area contributed by atoms with Gasteiger partial charge in [0.05, 0.1) is 6.54 Å². The number of hydrogen-bond donors (Lipinski definition) is 1. The molecule has 130 valence electrons. The molecule has 0 aromatic carbocycles. The zero-order valence-corrected chi connectivity index (χ0v) is 14.8. The Morgan fingerprint density at radius 3 is 2.43 bits per heavy atom. The third-order valence-electron chi connectivity index (χ3n) is 3.72. The lowest BCUT2D eigenvalue weighted by Crippen LogP contribution is -2.44. The molecule has 0 saturated carbocycles. The standard InChI is InChI=1S/C16H28N4O3/c1-6-7-8-18(4)10-12(21)13-14(17)20(9-11(2)3)16(23)19(5)15(13)22/h11H,6-10,17H2,1-5H3. The monoisotopic (exact) mass is 324 g/mol. The van der Waals surface area contributed by atoms with Crippen molar-refractivity contribution in [2.24, 2.45) is 13.0 Å². The Labute approximate surface area is 136 Å². The molecule has 0 atom stereocenters. The van der Waals surface area contributed by atoms with Crippen molar-refractivity contribution in [1.82, 2.24) is 14.0 Å². The number of rotatable bonds is 8. The molecule has 2 N–H and O–H groups in total. The number of ketones is 1. The summed E-state index contributed by atoms with van der Waals surface area (Å²) in [4.78, 5) is 38.9. The van der Waals surface area contributed by atoms with Crippen molar-refractivity contribution in [3.8, 4) is 0 Å². The molecule has 7 nitrogen and oxygen atoms in total. The summed E-state index contributed by atoms with van der Waals surface area (Å²) in [6.45, 7) is 7.21. The lowest BCUT2D eigenvalue weighted by Gasteiger charge is -2.18. The van der Waals surface area contributed by atoms with Gasteiger partial charge in [-0.05, 0) is 25.9 Å². The second-order valence-corrected chi connectivity index (χ2v) is 6.43. The number of nitrogen functional groups attached to an aromatic ring is 1. The highest BCUT2D eigenvalue weighted by Gasteiger charge is 2.22. The molecule has 7 heteroatoms. The molecule has 0 aliphatic carbocycles. The summed E-state index contributed by atoms with van der Waals surface area (Å²) in [5.41, 5.74) is 4.79. The number of carbonyl (C=O) groups excluding carboxylic acids is 1. The normalized spacial score (nSPS) is 11.4. The average Bonchev–Trinajstić information content (AvgIpc) is 2.47. The van der Waals surface area contributed by atoms with Crippen LogP contribution in [0.4, 0.5) is 5.82 Å². The number of aromatic nitrogens is 2. The maximum absolute atomic E-state index is 12.5. The number of anilines is 1. The van der Waals surface area contributed by atoms with E-state index in [1.54, 1.807) is 0 Å². The first-order valence-corrected chi connectivity index (χ1v) is 8.01. The SMILES string of the molecule is CCCCN(C)CC(=O)c1c(N)n(CC(C)C)c(=O)n(C)c1=O. The van der Waals surface area contributed by atoms with E-state index in [1.807, 2.05) is 25.8 Å². The first-order chi connectivity index (χ1) is 10.7. The van der Waals surface area contributed by atoms with Crippen molar-refractivity contribution in [3.63, 3.8) is 0 Å². The maximum atomic E-state index is 12.5. The molecule has 0 aliphatic heterocycles. The summed E-state index contributed by atoms with van der Waals surface area (Å²) in [6, 6.07) is 0. The summed E-state index contributed by atoms with van der Waals surface area (Å²) in [6.07, 6.45) is 2.01. The van der Waals surface area contributed by atoms with Gasteiger partial charge < -0.3 is 5.73 Å². The first kappa shape index (κ1) is 19.2. The Kier molecular flexibility index (Phi) is 6.75. The van der Waals surface area contributed by atoms with Crippen LogP contribution in [0.3, 0.4) is 0 Å².